The minimum absolute atomic E-state index is 0.191. The van der Waals surface area contributed by atoms with Crippen LogP contribution in [-0.2, 0) is 9.53 Å². The molecule has 0 radical (unpaired) electrons. The van der Waals surface area contributed by atoms with Crippen LogP contribution in [0.1, 0.15) is 12.5 Å². The quantitative estimate of drug-likeness (QED) is 0.625. The van der Waals surface area contributed by atoms with Gasteiger partial charge >= 0.3 is 5.97 Å². The Labute approximate surface area is 133 Å². The van der Waals surface area contributed by atoms with E-state index in [-0.39, 0.29) is 5.56 Å². The summed E-state index contributed by atoms with van der Waals surface area (Å²) in [6.07, 6.45) is 1.31. The predicted octanol–water partition coefficient (Wildman–Crippen LogP) is 4.22. The second kappa shape index (κ2) is 7.05. The van der Waals surface area contributed by atoms with Gasteiger partial charge in [-0.1, -0.05) is 6.07 Å². The zero-order valence-electron chi connectivity index (χ0n) is 13.0. The van der Waals surface area contributed by atoms with Crippen LogP contribution in [0.2, 0.25) is 0 Å². The van der Waals surface area contributed by atoms with Crippen molar-refractivity contribution in [2.24, 2.45) is 0 Å². The van der Waals surface area contributed by atoms with Gasteiger partial charge in [-0.2, -0.15) is 0 Å². The highest BCUT2D eigenvalue weighted by atomic mass is 19.1. The summed E-state index contributed by atoms with van der Waals surface area (Å²) >= 11 is 0. The molecule has 0 amide bonds. The van der Waals surface area contributed by atoms with Gasteiger partial charge in [-0.3, -0.25) is 0 Å². The van der Waals surface area contributed by atoms with E-state index in [0.717, 1.165) is 0 Å². The molecule has 0 aliphatic heterocycles. The fraction of sp³-hybridized carbons (Fsp3) is 0.167. The van der Waals surface area contributed by atoms with E-state index < -0.39 is 17.6 Å². The lowest BCUT2D eigenvalue weighted by Crippen LogP contribution is -1.97. The van der Waals surface area contributed by atoms with Gasteiger partial charge in [0.05, 0.1) is 14.2 Å². The summed E-state index contributed by atoms with van der Waals surface area (Å²) in [5.74, 6) is -1.15. The first-order valence-corrected chi connectivity index (χ1v) is 6.86. The maximum atomic E-state index is 14.2. The predicted molar refractivity (Wildman–Crippen MR) is 84.0 cm³/mol. The molecule has 0 saturated heterocycles. The summed E-state index contributed by atoms with van der Waals surface area (Å²) in [6.45, 7) is 1.71. The molecule has 0 fully saturated rings. The molecule has 0 heterocycles. The van der Waals surface area contributed by atoms with Crippen LogP contribution in [0.15, 0.2) is 42.5 Å². The first-order chi connectivity index (χ1) is 11.0. The Morgan fingerprint density at radius 3 is 2.43 bits per heavy atom. The second-order valence-corrected chi connectivity index (χ2v) is 4.89. The molecule has 0 spiro atoms. The topological polar surface area (TPSA) is 35.5 Å². The van der Waals surface area contributed by atoms with Crippen LogP contribution < -0.4 is 4.74 Å². The lowest BCUT2D eigenvalue weighted by Gasteiger charge is -2.11. The minimum Gasteiger partial charge on any atom is -0.496 e. The van der Waals surface area contributed by atoms with Crippen LogP contribution in [0, 0.1) is 11.6 Å². The third-order valence-corrected chi connectivity index (χ3v) is 3.41. The molecule has 0 bridgehead atoms. The van der Waals surface area contributed by atoms with Crippen LogP contribution in [0.4, 0.5) is 8.78 Å². The highest BCUT2D eigenvalue weighted by Gasteiger charge is 2.13. The van der Waals surface area contributed by atoms with Crippen LogP contribution >= 0.6 is 0 Å². The first-order valence-electron chi connectivity index (χ1n) is 6.86. The van der Waals surface area contributed by atoms with Crippen molar-refractivity contribution in [2.45, 2.75) is 6.92 Å². The third-order valence-electron chi connectivity index (χ3n) is 3.41. The molecule has 2 aromatic rings. The van der Waals surface area contributed by atoms with E-state index in [1.54, 1.807) is 19.1 Å². The molecule has 23 heavy (non-hydrogen) atoms. The van der Waals surface area contributed by atoms with Gasteiger partial charge in [0.1, 0.15) is 17.4 Å². The highest BCUT2D eigenvalue weighted by Crippen LogP contribution is 2.34. The summed E-state index contributed by atoms with van der Waals surface area (Å²) in [5, 5.41) is 0. The lowest BCUT2D eigenvalue weighted by molar-refractivity contribution is -0.134. The van der Waals surface area contributed by atoms with Gasteiger partial charge < -0.3 is 9.47 Å². The van der Waals surface area contributed by atoms with Crippen molar-refractivity contribution in [2.75, 3.05) is 14.2 Å². The number of methoxy groups -OCH3 is 2. The maximum Gasteiger partial charge on any atom is 0.330 e. The van der Waals surface area contributed by atoms with Crippen LogP contribution in [0.5, 0.6) is 5.75 Å². The van der Waals surface area contributed by atoms with Crippen molar-refractivity contribution >= 4 is 11.5 Å². The Kier molecular flexibility index (Phi) is 5.11. The summed E-state index contributed by atoms with van der Waals surface area (Å²) in [6, 6.07) is 8.24. The van der Waals surface area contributed by atoms with Gasteiger partial charge in [-0.05, 0) is 48.4 Å². The van der Waals surface area contributed by atoms with Crippen molar-refractivity contribution in [1.82, 2.24) is 0 Å². The third kappa shape index (κ3) is 3.74. The molecule has 120 valence electrons. The lowest BCUT2D eigenvalue weighted by atomic mass is 9.98. The second-order valence-electron chi connectivity index (χ2n) is 4.89. The Morgan fingerprint density at radius 2 is 1.78 bits per heavy atom. The molecule has 0 atom stereocenters. The number of benzene rings is 2. The number of esters is 1. The van der Waals surface area contributed by atoms with E-state index in [4.69, 9.17) is 4.74 Å². The molecule has 0 aliphatic carbocycles. The number of halogens is 2. The van der Waals surface area contributed by atoms with Gasteiger partial charge in [-0.15, -0.1) is 0 Å². The highest BCUT2D eigenvalue weighted by molar-refractivity contribution is 5.91. The average molecular weight is 318 g/mol. The number of carbonyl (C=O) groups excluding carboxylic acids is 1. The first kappa shape index (κ1) is 16.7. The standard InChI is InChI=1S/C18H16F2O3/c1-11(8-18(21)23-3)12-4-6-16(20)14(9-12)15-10-13(19)5-7-17(15)22-2/h4-10H,1-3H3/b11-8+. The molecule has 2 rings (SSSR count). The Balaban J connectivity index is 2.57. The molecular weight excluding hydrogens is 302 g/mol. The van der Waals surface area contributed by atoms with Gasteiger partial charge in [0.15, 0.2) is 0 Å². The number of rotatable bonds is 4. The fourth-order valence-electron chi connectivity index (χ4n) is 2.19. The number of carbonyl (C=O) groups is 1. The van der Waals surface area contributed by atoms with Gasteiger partial charge in [-0.25, -0.2) is 13.6 Å². The zero-order chi connectivity index (χ0) is 17.0. The monoisotopic (exact) mass is 318 g/mol. The summed E-state index contributed by atoms with van der Waals surface area (Å²) in [5.41, 5.74) is 1.72. The molecule has 3 nitrogen and oxygen atoms in total. The molecule has 0 unspecified atom stereocenters. The van der Waals surface area contributed by atoms with Gasteiger partial charge in [0, 0.05) is 17.2 Å². The summed E-state index contributed by atoms with van der Waals surface area (Å²) in [7, 11) is 2.71. The SMILES string of the molecule is COC(=O)/C=C(\C)c1ccc(F)c(-c2cc(F)ccc2OC)c1. The molecule has 0 saturated carbocycles. The van der Waals surface area contributed by atoms with Gasteiger partial charge in [0.25, 0.3) is 0 Å². The molecule has 0 N–H and O–H groups in total. The van der Waals surface area contributed by atoms with Crippen LogP contribution in [-0.4, -0.2) is 20.2 Å². The van der Waals surface area contributed by atoms with Crippen molar-refractivity contribution in [3.8, 4) is 16.9 Å². The minimum atomic E-state index is -0.511. The molecule has 0 aliphatic rings. The van der Waals surface area contributed by atoms with Crippen molar-refractivity contribution < 1.29 is 23.0 Å². The number of allylic oxidation sites excluding steroid dienone is 1. The smallest absolute Gasteiger partial charge is 0.330 e. The van der Waals surface area contributed by atoms with Crippen molar-refractivity contribution in [3.05, 3.63) is 59.7 Å². The summed E-state index contributed by atoms with van der Waals surface area (Å²) < 4.78 is 37.5. The van der Waals surface area contributed by atoms with Crippen molar-refractivity contribution in [3.63, 3.8) is 0 Å². The van der Waals surface area contributed by atoms with Crippen LogP contribution in [0.25, 0.3) is 16.7 Å². The van der Waals surface area contributed by atoms with Crippen molar-refractivity contribution in [1.29, 1.82) is 0 Å². The van der Waals surface area contributed by atoms with E-state index in [0.29, 0.717) is 22.4 Å². The van der Waals surface area contributed by atoms with E-state index in [2.05, 4.69) is 4.74 Å². The van der Waals surface area contributed by atoms with E-state index in [1.165, 1.54) is 44.6 Å². The summed E-state index contributed by atoms with van der Waals surface area (Å²) in [4.78, 5) is 11.3. The van der Waals surface area contributed by atoms with E-state index in [9.17, 15) is 13.6 Å². The Bertz CT molecular complexity index is 767. The number of ether oxygens (including phenoxy) is 2. The molecule has 2 aromatic carbocycles. The Hall–Kier alpha value is -2.69. The molecule has 0 aromatic heterocycles. The fourth-order valence-corrected chi connectivity index (χ4v) is 2.19. The van der Waals surface area contributed by atoms with E-state index >= 15 is 0 Å². The average Bonchev–Trinajstić information content (AvgIpc) is 2.55. The Morgan fingerprint density at radius 1 is 1.04 bits per heavy atom. The van der Waals surface area contributed by atoms with Crippen LogP contribution in [0.3, 0.4) is 0 Å². The number of hydrogen-bond donors (Lipinski definition) is 0. The zero-order valence-corrected chi connectivity index (χ0v) is 13.0. The normalized spacial score (nSPS) is 11.3. The maximum absolute atomic E-state index is 14.2. The molecule has 5 heteroatoms. The van der Waals surface area contributed by atoms with Gasteiger partial charge in [0.2, 0.25) is 0 Å². The van der Waals surface area contributed by atoms with E-state index in [1.807, 2.05) is 0 Å². The molecular formula is C18H16F2O3. The largest absolute Gasteiger partial charge is 0.496 e. The number of hydrogen-bond acceptors (Lipinski definition) is 3.